The standard InChI is InChI=1S/C12H17N5O2/c13-10-3-9(10)12(19)16-8-4-14-17(5-8)6-11(18)15-7-1-2-7/h4-5,7,9-10H,1-3,6,13H2,(H,15,18)(H,16,19). The molecule has 19 heavy (non-hydrogen) atoms. The minimum atomic E-state index is -0.0819. The molecule has 0 radical (unpaired) electrons. The zero-order valence-corrected chi connectivity index (χ0v) is 10.5. The second-order valence-electron chi connectivity index (χ2n) is 5.26. The summed E-state index contributed by atoms with van der Waals surface area (Å²) in [6.45, 7) is 0.176. The van der Waals surface area contributed by atoms with Gasteiger partial charge in [-0.05, 0) is 19.3 Å². The molecule has 2 saturated carbocycles. The molecule has 7 nitrogen and oxygen atoms in total. The van der Waals surface area contributed by atoms with Crippen LogP contribution in [0.3, 0.4) is 0 Å². The highest BCUT2D eigenvalue weighted by atomic mass is 16.2. The van der Waals surface area contributed by atoms with Crippen molar-refractivity contribution in [1.82, 2.24) is 15.1 Å². The third-order valence-electron chi connectivity index (χ3n) is 3.33. The molecule has 2 aliphatic rings. The van der Waals surface area contributed by atoms with Gasteiger partial charge in [-0.1, -0.05) is 0 Å². The van der Waals surface area contributed by atoms with Crippen molar-refractivity contribution in [3.63, 3.8) is 0 Å². The highest BCUT2D eigenvalue weighted by Crippen LogP contribution is 2.29. The summed E-state index contributed by atoms with van der Waals surface area (Å²) in [4.78, 5) is 23.2. The number of amides is 2. The Bertz CT molecular complexity index is 508. The van der Waals surface area contributed by atoms with Gasteiger partial charge in [0, 0.05) is 18.3 Å². The monoisotopic (exact) mass is 263 g/mol. The van der Waals surface area contributed by atoms with Crippen LogP contribution in [0, 0.1) is 5.92 Å². The molecular weight excluding hydrogens is 246 g/mol. The Labute approximate surface area is 110 Å². The van der Waals surface area contributed by atoms with Gasteiger partial charge in [0.2, 0.25) is 11.8 Å². The largest absolute Gasteiger partial charge is 0.352 e. The molecule has 0 saturated heterocycles. The van der Waals surface area contributed by atoms with Gasteiger partial charge in [0.15, 0.2) is 0 Å². The summed E-state index contributed by atoms with van der Waals surface area (Å²) in [5.41, 5.74) is 6.21. The second kappa shape index (κ2) is 4.65. The number of anilines is 1. The van der Waals surface area contributed by atoms with Crippen LogP contribution in [0.4, 0.5) is 5.69 Å². The molecule has 2 unspecified atom stereocenters. The number of nitrogens with zero attached hydrogens (tertiary/aromatic N) is 2. The van der Waals surface area contributed by atoms with Crippen LogP contribution >= 0.6 is 0 Å². The molecular formula is C12H17N5O2. The number of rotatable bonds is 5. The third kappa shape index (κ3) is 3.11. The van der Waals surface area contributed by atoms with Crippen molar-refractivity contribution in [2.75, 3.05) is 5.32 Å². The van der Waals surface area contributed by atoms with Crippen LogP contribution < -0.4 is 16.4 Å². The van der Waals surface area contributed by atoms with Crippen molar-refractivity contribution >= 4 is 17.5 Å². The van der Waals surface area contributed by atoms with E-state index in [0.717, 1.165) is 19.3 Å². The zero-order chi connectivity index (χ0) is 13.4. The van der Waals surface area contributed by atoms with Crippen molar-refractivity contribution in [2.45, 2.75) is 37.9 Å². The number of carbonyl (C=O) groups excluding carboxylic acids is 2. The average molecular weight is 263 g/mol. The van der Waals surface area contributed by atoms with E-state index < -0.39 is 0 Å². The highest BCUT2D eigenvalue weighted by Gasteiger charge is 2.40. The Kier molecular flexibility index (Phi) is 2.98. The maximum absolute atomic E-state index is 11.7. The van der Waals surface area contributed by atoms with Crippen molar-refractivity contribution in [3.05, 3.63) is 12.4 Å². The van der Waals surface area contributed by atoms with E-state index in [4.69, 9.17) is 5.73 Å². The van der Waals surface area contributed by atoms with E-state index in [-0.39, 0.29) is 30.3 Å². The van der Waals surface area contributed by atoms with Gasteiger partial charge < -0.3 is 16.4 Å². The van der Waals surface area contributed by atoms with Crippen LogP contribution in [0.25, 0.3) is 0 Å². The number of carbonyl (C=O) groups is 2. The topological polar surface area (TPSA) is 102 Å². The summed E-state index contributed by atoms with van der Waals surface area (Å²) in [7, 11) is 0. The summed E-state index contributed by atoms with van der Waals surface area (Å²) in [6.07, 6.45) is 6.06. The molecule has 0 aliphatic heterocycles. The molecule has 2 atom stereocenters. The average Bonchev–Trinajstić information content (AvgIpc) is 3.24. The molecule has 0 spiro atoms. The lowest BCUT2D eigenvalue weighted by Crippen LogP contribution is -2.29. The number of hydrogen-bond donors (Lipinski definition) is 3. The van der Waals surface area contributed by atoms with Crippen LogP contribution in [-0.2, 0) is 16.1 Å². The molecule has 2 fully saturated rings. The van der Waals surface area contributed by atoms with E-state index in [9.17, 15) is 9.59 Å². The molecule has 1 aromatic rings. The van der Waals surface area contributed by atoms with Gasteiger partial charge in [-0.25, -0.2) is 0 Å². The van der Waals surface area contributed by atoms with Gasteiger partial charge in [0.05, 0.1) is 17.8 Å². The maximum Gasteiger partial charge on any atom is 0.241 e. The first-order valence-electron chi connectivity index (χ1n) is 6.50. The molecule has 102 valence electrons. The second-order valence-corrected chi connectivity index (χ2v) is 5.26. The van der Waals surface area contributed by atoms with Crippen molar-refractivity contribution < 1.29 is 9.59 Å². The molecule has 2 aliphatic carbocycles. The maximum atomic E-state index is 11.7. The zero-order valence-electron chi connectivity index (χ0n) is 10.5. The summed E-state index contributed by atoms with van der Waals surface area (Å²) < 4.78 is 1.51. The molecule has 7 heteroatoms. The van der Waals surface area contributed by atoms with Crippen molar-refractivity contribution in [3.8, 4) is 0 Å². The summed E-state index contributed by atoms with van der Waals surface area (Å²) in [6, 6.07) is 0.331. The van der Waals surface area contributed by atoms with Crippen molar-refractivity contribution in [1.29, 1.82) is 0 Å². The van der Waals surface area contributed by atoms with Crippen molar-refractivity contribution in [2.24, 2.45) is 11.7 Å². The first-order valence-corrected chi connectivity index (χ1v) is 6.50. The Morgan fingerprint density at radius 3 is 2.84 bits per heavy atom. The molecule has 3 rings (SSSR count). The molecule has 1 aromatic heterocycles. The first kappa shape index (κ1) is 12.2. The van der Waals surface area contributed by atoms with E-state index in [2.05, 4.69) is 15.7 Å². The van der Waals surface area contributed by atoms with Gasteiger partial charge in [-0.2, -0.15) is 5.10 Å². The lowest BCUT2D eigenvalue weighted by molar-refractivity contribution is -0.122. The molecule has 0 bridgehead atoms. The minimum absolute atomic E-state index is 0.0145. The molecule has 4 N–H and O–H groups in total. The number of nitrogens with one attached hydrogen (secondary N) is 2. The fourth-order valence-electron chi connectivity index (χ4n) is 1.91. The van der Waals surface area contributed by atoms with Gasteiger partial charge >= 0.3 is 0 Å². The Hall–Kier alpha value is -1.89. The first-order chi connectivity index (χ1) is 9.11. The van der Waals surface area contributed by atoms with E-state index in [1.54, 1.807) is 6.20 Å². The number of aromatic nitrogens is 2. The quantitative estimate of drug-likeness (QED) is 0.663. The number of nitrogens with two attached hydrogens (primary N) is 1. The predicted molar refractivity (Wildman–Crippen MR) is 68.1 cm³/mol. The Morgan fingerprint density at radius 1 is 1.47 bits per heavy atom. The normalized spacial score (nSPS) is 24.9. The van der Waals surface area contributed by atoms with Crippen LogP contribution in [0.1, 0.15) is 19.3 Å². The molecule has 1 heterocycles. The SMILES string of the molecule is NC1CC1C(=O)Nc1cnn(CC(=O)NC2CC2)c1. The smallest absolute Gasteiger partial charge is 0.241 e. The highest BCUT2D eigenvalue weighted by molar-refractivity contribution is 5.94. The molecule has 2 amide bonds. The lowest BCUT2D eigenvalue weighted by Gasteiger charge is -2.03. The summed E-state index contributed by atoms with van der Waals surface area (Å²) in [5.74, 6) is -0.205. The van der Waals surface area contributed by atoms with Gasteiger partial charge in [-0.15, -0.1) is 0 Å². The Balaban J connectivity index is 1.50. The van der Waals surface area contributed by atoms with Crippen LogP contribution in [0.5, 0.6) is 0 Å². The van der Waals surface area contributed by atoms with E-state index >= 15 is 0 Å². The Morgan fingerprint density at radius 2 is 2.21 bits per heavy atom. The molecule has 0 aromatic carbocycles. The summed E-state index contributed by atoms with van der Waals surface area (Å²) in [5, 5.41) is 9.68. The van der Waals surface area contributed by atoms with E-state index in [1.165, 1.54) is 10.9 Å². The third-order valence-corrected chi connectivity index (χ3v) is 3.33. The summed E-state index contributed by atoms with van der Waals surface area (Å²) >= 11 is 0. The van der Waals surface area contributed by atoms with Crippen LogP contribution in [-0.4, -0.2) is 33.7 Å². The predicted octanol–water partition coefficient (Wildman–Crippen LogP) is -0.553. The fraction of sp³-hybridized carbons (Fsp3) is 0.583. The van der Waals surface area contributed by atoms with Gasteiger partial charge in [-0.3, -0.25) is 14.3 Å². The fourth-order valence-corrected chi connectivity index (χ4v) is 1.91. The van der Waals surface area contributed by atoms with E-state index in [0.29, 0.717) is 11.7 Å². The van der Waals surface area contributed by atoms with Gasteiger partial charge in [0.1, 0.15) is 6.54 Å². The van der Waals surface area contributed by atoms with E-state index in [1.807, 2.05) is 0 Å². The van der Waals surface area contributed by atoms with Crippen LogP contribution in [0.2, 0.25) is 0 Å². The van der Waals surface area contributed by atoms with Crippen LogP contribution in [0.15, 0.2) is 12.4 Å². The minimum Gasteiger partial charge on any atom is -0.352 e. The number of hydrogen-bond acceptors (Lipinski definition) is 4. The van der Waals surface area contributed by atoms with Gasteiger partial charge in [0.25, 0.3) is 0 Å². The lowest BCUT2D eigenvalue weighted by atomic mass is 10.3.